The van der Waals surface area contributed by atoms with Crippen LogP contribution in [-0.2, 0) is 4.79 Å². The Morgan fingerprint density at radius 1 is 1.63 bits per heavy atom. The molecule has 0 saturated heterocycles. The minimum absolute atomic E-state index is 0.0506. The lowest BCUT2D eigenvalue weighted by molar-refractivity contribution is -0.380. The second kappa shape index (κ2) is 5.75. The van der Waals surface area contributed by atoms with Crippen LogP contribution in [0.25, 0.3) is 0 Å². The first-order chi connectivity index (χ1) is 9.04. The molecule has 0 saturated carbocycles. The number of aromatic nitrogens is 3. The molecule has 2 heterocycles. The minimum atomic E-state index is -0.566. The number of carbonyl (C=O) groups is 1. The predicted octanol–water partition coefficient (Wildman–Crippen LogP) is 1.47. The van der Waals surface area contributed by atoms with Crippen LogP contribution >= 0.6 is 23.1 Å². The van der Waals surface area contributed by atoms with Gasteiger partial charge in [-0.25, -0.2) is 4.98 Å². The summed E-state index contributed by atoms with van der Waals surface area (Å²) in [5, 5.41) is 20.6. The Morgan fingerprint density at radius 2 is 2.42 bits per heavy atom. The van der Waals surface area contributed by atoms with Crippen LogP contribution < -0.4 is 5.32 Å². The number of hydrogen-bond acceptors (Lipinski definition) is 9. The molecular formula is C8H7N5O4S2. The molecule has 0 aliphatic carbocycles. The molecule has 1 amide bonds. The van der Waals surface area contributed by atoms with Crippen LogP contribution in [0.3, 0.4) is 0 Å². The Hall–Kier alpha value is -2.01. The molecule has 0 spiro atoms. The van der Waals surface area contributed by atoms with Gasteiger partial charge in [-0.2, -0.15) is 0 Å². The molecule has 0 aliphatic rings. The number of thioether (sulfide) groups is 1. The zero-order valence-corrected chi connectivity index (χ0v) is 11.2. The summed E-state index contributed by atoms with van der Waals surface area (Å²) < 4.78 is 5.08. The number of amides is 1. The van der Waals surface area contributed by atoms with Gasteiger partial charge in [0.15, 0.2) is 5.13 Å². The van der Waals surface area contributed by atoms with Crippen molar-refractivity contribution in [1.82, 2.24) is 15.2 Å². The third kappa shape index (κ3) is 3.72. The quantitative estimate of drug-likeness (QED) is 0.500. The molecule has 2 aromatic rings. The number of hydrogen-bond donors (Lipinski definition) is 1. The molecule has 0 aromatic carbocycles. The fourth-order valence-electron chi connectivity index (χ4n) is 1.03. The highest BCUT2D eigenvalue weighted by Gasteiger charge is 2.14. The van der Waals surface area contributed by atoms with Crippen LogP contribution in [0.1, 0.15) is 5.89 Å². The van der Waals surface area contributed by atoms with E-state index in [4.69, 9.17) is 4.42 Å². The Labute approximate surface area is 114 Å². The van der Waals surface area contributed by atoms with E-state index in [1.54, 1.807) is 6.92 Å². The summed E-state index contributed by atoms with van der Waals surface area (Å²) in [5.41, 5.74) is 0. The van der Waals surface area contributed by atoms with Crippen LogP contribution in [0.4, 0.5) is 10.1 Å². The van der Waals surface area contributed by atoms with Gasteiger partial charge in [0.1, 0.15) is 6.20 Å². The number of nitrogens with zero attached hydrogens (tertiary/aromatic N) is 4. The molecule has 100 valence electrons. The Morgan fingerprint density at radius 3 is 3.00 bits per heavy atom. The number of carbonyl (C=O) groups excluding carboxylic acids is 1. The Bertz CT molecular complexity index is 610. The summed E-state index contributed by atoms with van der Waals surface area (Å²) in [4.78, 5) is 25.1. The van der Waals surface area contributed by atoms with E-state index in [0.717, 1.165) is 29.3 Å². The van der Waals surface area contributed by atoms with Gasteiger partial charge in [0.2, 0.25) is 11.8 Å². The molecule has 0 radical (unpaired) electrons. The standard InChI is InChI=1S/C8H7N5O4S2/c1-4-11-12-8(17-4)18-3-5(14)10-7-9-2-6(19-7)13(15)16/h2H,3H2,1H3,(H,9,10,14). The lowest BCUT2D eigenvalue weighted by Crippen LogP contribution is -2.13. The van der Waals surface area contributed by atoms with Crippen molar-refractivity contribution >= 4 is 39.1 Å². The maximum atomic E-state index is 11.5. The lowest BCUT2D eigenvalue weighted by atomic mass is 10.7. The Kier molecular flexibility index (Phi) is 4.06. The average Bonchev–Trinajstić information content (AvgIpc) is 2.96. The summed E-state index contributed by atoms with van der Waals surface area (Å²) in [6.07, 6.45) is 1.09. The summed E-state index contributed by atoms with van der Waals surface area (Å²) in [6.45, 7) is 1.64. The monoisotopic (exact) mass is 301 g/mol. The zero-order valence-electron chi connectivity index (χ0n) is 9.52. The van der Waals surface area contributed by atoms with Gasteiger partial charge >= 0.3 is 5.00 Å². The Balaban J connectivity index is 1.85. The third-order valence-corrected chi connectivity index (χ3v) is 3.44. The van der Waals surface area contributed by atoms with Crippen molar-refractivity contribution in [3.63, 3.8) is 0 Å². The summed E-state index contributed by atoms with van der Waals surface area (Å²) in [7, 11) is 0. The highest BCUT2D eigenvalue weighted by molar-refractivity contribution is 7.99. The van der Waals surface area contributed by atoms with Crippen molar-refractivity contribution < 1.29 is 14.1 Å². The average molecular weight is 301 g/mol. The van der Waals surface area contributed by atoms with E-state index in [1.807, 2.05) is 0 Å². The SMILES string of the molecule is Cc1nnc(SCC(=O)Nc2ncc([N+](=O)[O-])s2)o1. The van der Waals surface area contributed by atoms with Crippen molar-refractivity contribution in [2.24, 2.45) is 0 Å². The number of thiazole rings is 1. The molecule has 11 heteroatoms. The van der Waals surface area contributed by atoms with E-state index in [-0.39, 0.29) is 27.0 Å². The number of nitrogens with one attached hydrogen (secondary N) is 1. The molecule has 0 fully saturated rings. The summed E-state index contributed by atoms with van der Waals surface area (Å²) >= 11 is 1.86. The molecule has 9 nitrogen and oxygen atoms in total. The molecular weight excluding hydrogens is 294 g/mol. The van der Waals surface area contributed by atoms with E-state index in [1.165, 1.54) is 0 Å². The van der Waals surface area contributed by atoms with E-state index in [9.17, 15) is 14.9 Å². The van der Waals surface area contributed by atoms with Gasteiger partial charge in [-0.05, 0) is 11.3 Å². The first-order valence-electron chi connectivity index (χ1n) is 4.87. The van der Waals surface area contributed by atoms with Crippen LogP contribution in [0.5, 0.6) is 0 Å². The minimum Gasteiger partial charge on any atom is -0.416 e. The van der Waals surface area contributed by atoms with E-state index < -0.39 is 4.92 Å². The van der Waals surface area contributed by atoms with Gasteiger partial charge in [0.05, 0.1) is 10.7 Å². The van der Waals surface area contributed by atoms with Gasteiger partial charge in [-0.1, -0.05) is 11.8 Å². The zero-order chi connectivity index (χ0) is 13.8. The first kappa shape index (κ1) is 13.4. The van der Waals surface area contributed by atoms with Crippen LogP contribution in [-0.4, -0.2) is 31.8 Å². The molecule has 19 heavy (non-hydrogen) atoms. The third-order valence-electron chi connectivity index (χ3n) is 1.75. The van der Waals surface area contributed by atoms with Gasteiger partial charge in [0.25, 0.3) is 5.22 Å². The highest BCUT2D eigenvalue weighted by Crippen LogP contribution is 2.25. The van der Waals surface area contributed by atoms with Crippen molar-refractivity contribution in [3.05, 3.63) is 22.2 Å². The molecule has 1 N–H and O–H groups in total. The molecule has 0 unspecified atom stereocenters. The summed E-state index contributed by atoms with van der Waals surface area (Å²) in [6, 6.07) is 0. The fourth-order valence-corrected chi connectivity index (χ4v) is 2.28. The van der Waals surface area contributed by atoms with Gasteiger partial charge in [0, 0.05) is 6.92 Å². The molecule has 0 bridgehead atoms. The number of nitro groups is 1. The second-order valence-electron chi connectivity index (χ2n) is 3.18. The fraction of sp³-hybridized carbons (Fsp3) is 0.250. The van der Waals surface area contributed by atoms with Crippen molar-refractivity contribution in [1.29, 1.82) is 0 Å². The van der Waals surface area contributed by atoms with Gasteiger partial charge < -0.3 is 9.73 Å². The second-order valence-corrected chi connectivity index (χ2v) is 5.12. The van der Waals surface area contributed by atoms with Crippen LogP contribution in [0.2, 0.25) is 0 Å². The van der Waals surface area contributed by atoms with Crippen LogP contribution in [0.15, 0.2) is 15.8 Å². The molecule has 0 aliphatic heterocycles. The smallest absolute Gasteiger partial charge is 0.345 e. The van der Waals surface area contributed by atoms with E-state index in [0.29, 0.717) is 5.89 Å². The van der Waals surface area contributed by atoms with Crippen molar-refractivity contribution in [3.8, 4) is 0 Å². The topological polar surface area (TPSA) is 124 Å². The highest BCUT2D eigenvalue weighted by atomic mass is 32.2. The lowest BCUT2D eigenvalue weighted by Gasteiger charge is -1.97. The molecule has 0 atom stereocenters. The van der Waals surface area contributed by atoms with E-state index >= 15 is 0 Å². The van der Waals surface area contributed by atoms with Crippen molar-refractivity contribution in [2.75, 3.05) is 11.1 Å². The van der Waals surface area contributed by atoms with Crippen LogP contribution in [0, 0.1) is 17.0 Å². The van der Waals surface area contributed by atoms with Crippen molar-refractivity contribution in [2.45, 2.75) is 12.1 Å². The predicted molar refractivity (Wildman–Crippen MR) is 67.2 cm³/mol. The van der Waals surface area contributed by atoms with Gasteiger partial charge in [-0.15, -0.1) is 10.2 Å². The first-order valence-corrected chi connectivity index (χ1v) is 6.68. The maximum Gasteiger partial charge on any atom is 0.345 e. The molecule has 2 rings (SSSR count). The molecule has 2 aromatic heterocycles. The van der Waals surface area contributed by atoms with Gasteiger partial charge in [-0.3, -0.25) is 14.9 Å². The normalized spacial score (nSPS) is 10.4. The number of aryl methyl sites for hydroxylation is 1. The maximum absolute atomic E-state index is 11.5. The number of rotatable bonds is 5. The number of anilines is 1. The summed E-state index contributed by atoms with van der Waals surface area (Å²) in [5.74, 6) is 0.109. The van der Waals surface area contributed by atoms with E-state index in [2.05, 4.69) is 20.5 Å². The largest absolute Gasteiger partial charge is 0.416 e.